The first kappa shape index (κ1) is 46.7. The number of carbonyl (C=O) groups is 7. The fourth-order valence-electron chi connectivity index (χ4n) is 8.22. The van der Waals surface area contributed by atoms with Crippen molar-refractivity contribution in [1.82, 2.24) is 31.1 Å². The molecule has 2 aromatic carbocycles. The van der Waals surface area contributed by atoms with Gasteiger partial charge in [0.2, 0.25) is 35.3 Å². The number of ketones is 1. The molecule has 2 unspecified atom stereocenters. The van der Waals surface area contributed by atoms with Crippen molar-refractivity contribution in [3.05, 3.63) is 65.7 Å². The zero-order valence-corrected chi connectivity index (χ0v) is 35.8. The number of amides is 6. The molecule has 0 radical (unpaired) electrons. The first-order chi connectivity index (χ1) is 29.4. The smallest absolute Gasteiger partial charge is 0.290 e. The Morgan fingerprint density at radius 3 is 2.41 bits per heavy atom. The molecule has 4 bridgehead atoms. The van der Waals surface area contributed by atoms with Crippen LogP contribution >= 0.6 is 0 Å². The summed E-state index contributed by atoms with van der Waals surface area (Å²) in [6.45, 7) is 1.72. The minimum absolute atomic E-state index is 0.0296. The van der Waals surface area contributed by atoms with E-state index in [-0.39, 0.29) is 43.5 Å². The minimum Gasteiger partial charge on any atom is -0.494 e. The van der Waals surface area contributed by atoms with Crippen LogP contribution in [0.5, 0.6) is 5.75 Å². The summed E-state index contributed by atoms with van der Waals surface area (Å²) in [5.41, 5.74) is 1.27. The molecule has 332 valence electrons. The van der Waals surface area contributed by atoms with E-state index in [0.29, 0.717) is 43.6 Å². The molecule has 5 rings (SSSR count). The molecule has 0 spiro atoms. The third kappa shape index (κ3) is 13.3. The monoisotopic (exact) mass is 846 g/mol. The highest BCUT2D eigenvalue weighted by Crippen LogP contribution is 2.31. The van der Waals surface area contributed by atoms with Crippen LogP contribution in [0.2, 0.25) is 0 Å². The average Bonchev–Trinajstić information content (AvgIpc) is 3.70. The number of Topliss-reactive ketones (excluding diaryl/α,β-unsaturated/α-hetero) is 1. The molecule has 16 nitrogen and oxygen atoms in total. The molecule has 6 amide bonds. The third-order valence-electron chi connectivity index (χ3n) is 11.5. The van der Waals surface area contributed by atoms with E-state index in [1.807, 2.05) is 31.2 Å². The van der Waals surface area contributed by atoms with E-state index in [1.165, 1.54) is 16.9 Å². The molecule has 2 aromatic rings. The Morgan fingerprint density at radius 2 is 1.70 bits per heavy atom. The summed E-state index contributed by atoms with van der Waals surface area (Å²) in [5, 5.41) is 10.8. The maximum Gasteiger partial charge on any atom is 0.290 e. The lowest BCUT2D eigenvalue weighted by molar-refractivity contribution is -0.158. The van der Waals surface area contributed by atoms with E-state index in [0.717, 1.165) is 37.7 Å². The summed E-state index contributed by atoms with van der Waals surface area (Å²) in [4.78, 5) is 98.5. The number of hydrogen-bond acceptors (Lipinski definition) is 10. The summed E-state index contributed by atoms with van der Waals surface area (Å²) >= 11 is 0. The predicted molar refractivity (Wildman–Crippen MR) is 225 cm³/mol. The Labute approximate surface area is 358 Å². The second-order valence-electron chi connectivity index (χ2n) is 16.3. The van der Waals surface area contributed by atoms with Gasteiger partial charge in [-0.3, -0.25) is 33.6 Å². The van der Waals surface area contributed by atoms with Gasteiger partial charge in [0.1, 0.15) is 23.9 Å². The summed E-state index contributed by atoms with van der Waals surface area (Å²) in [5.74, 6) is -4.03. The van der Waals surface area contributed by atoms with Crippen LogP contribution in [0.1, 0.15) is 94.7 Å². The van der Waals surface area contributed by atoms with Gasteiger partial charge in [-0.1, -0.05) is 81.5 Å². The van der Waals surface area contributed by atoms with E-state index in [1.54, 1.807) is 44.4 Å². The normalized spacial score (nSPS) is 22.4. The molecule has 61 heavy (non-hydrogen) atoms. The quantitative estimate of drug-likeness (QED) is 0.205. The molecule has 1 saturated heterocycles. The van der Waals surface area contributed by atoms with Gasteiger partial charge in [-0.05, 0) is 54.9 Å². The standard InChI is InChI=1S/C45H62N6O10/c1-5-6-21-34(41(54)43(56)46-27-37(53)49-39(44(57)50(2)3)30-16-9-7-10-17-30)47-42(55)35-26-33-28-51(35)45(58)40(31-18-11-8-12-19-31)48-36(52)25-29-15-13-20-32(24-29)60-23-14-22-38(59-4)61-33/h7,9-10,13,15-17,20,24,31,33-35,38-40H,5-6,8,11-12,14,18-19,21-23,25-28H2,1-4H3,(H,46,56)(H,47,55)(H,48,52)(H,49,53)/t33-,34?,35+,38?,39+,40+/m1/s1. The summed E-state index contributed by atoms with van der Waals surface area (Å²) < 4.78 is 18.0. The fourth-order valence-corrected chi connectivity index (χ4v) is 8.22. The van der Waals surface area contributed by atoms with Gasteiger partial charge >= 0.3 is 0 Å². The average molecular weight is 847 g/mol. The Kier molecular flexibility index (Phi) is 17.6. The van der Waals surface area contributed by atoms with Gasteiger partial charge in [-0.25, -0.2) is 0 Å². The molecule has 1 aliphatic carbocycles. The van der Waals surface area contributed by atoms with Crippen LogP contribution in [-0.2, 0) is 49.5 Å². The summed E-state index contributed by atoms with van der Waals surface area (Å²) in [6, 6.07) is 11.7. The van der Waals surface area contributed by atoms with Crippen molar-refractivity contribution in [2.24, 2.45) is 5.92 Å². The molecule has 3 aliphatic rings. The molecule has 2 fully saturated rings. The minimum atomic E-state index is -1.26. The first-order valence-corrected chi connectivity index (χ1v) is 21.6. The van der Waals surface area contributed by atoms with E-state index < -0.39 is 72.5 Å². The first-order valence-electron chi connectivity index (χ1n) is 21.6. The number of carbonyl (C=O) groups excluding carboxylic acids is 7. The van der Waals surface area contributed by atoms with Gasteiger partial charge in [-0.2, -0.15) is 0 Å². The molecular weight excluding hydrogens is 785 g/mol. The van der Waals surface area contributed by atoms with Crippen LogP contribution in [0.4, 0.5) is 0 Å². The Bertz CT molecular complexity index is 1840. The number of rotatable bonds is 14. The lowest BCUT2D eigenvalue weighted by atomic mass is 9.83. The van der Waals surface area contributed by atoms with Crippen LogP contribution in [0.25, 0.3) is 0 Å². The van der Waals surface area contributed by atoms with Crippen LogP contribution in [0, 0.1) is 5.92 Å². The summed E-state index contributed by atoms with van der Waals surface area (Å²) in [7, 11) is 4.65. The van der Waals surface area contributed by atoms with Gasteiger partial charge in [0.25, 0.3) is 5.91 Å². The number of hydrogen-bond donors (Lipinski definition) is 4. The number of benzene rings is 2. The maximum atomic E-state index is 14.8. The van der Waals surface area contributed by atoms with Crippen LogP contribution in [-0.4, -0.2) is 122 Å². The number of nitrogens with one attached hydrogen (secondary N) is 4. The molecule has 0 aromatic heterocycles. The molecule has 4 N–H and O–H groups in total. The Morgan fingerprint density at radius 1 is 0.951 bits per heavy atom. The van der Waals surface area contributed by atoms with Gasteiger partial charge in [0, 0.05) is 40.6 Å². The zero-order chi connectivity index (χ0) is 43.9. The number of nitrogens with zero attached hydrogens (tertiary/aromatic N) is 2. The highest BCUT2D eigenvalue weighted by molar-refractivity contribution is 6.38. The predicted octanol–water partition coefficient (Wildman–Crippen LogP) is 2.73. The van der Waals surface area contributed by atoms with Crippen molar-refractivity contribution in [3.63, 3.8) is 0 Å². The van der Waals surface area contributed by atoms with Crippen molar-refractivity contribution in [2.75, 3.05) is 40.9 Å². The van der Waals surface area contributed by atoms with Crippen molar-refractivity contribution < 1.29 is 47.8 Å². The lowest BCUT2D eigenvalue weighted by Gasteiger charge is -2.35. The Balaban J connectivity index is 1.33. The third-order valence-corrected chi connectivity index (χ3v) is 11.5. The molecular formula is C45H62N6O10. The fraction of sp³-hybridized carbons (Fsp3) is 0.578. The van der Waals surface area contributed by atoms with Gasteiger partial charge in [0.05, 0.1) is 31.7 Å². The number of likely N-dealkylation sites (N-methyl/N-ethyl adjacent to an activating group) is 1. The largest absolute Gasteiger partial charge is 0.494 e. The molecule has 16 heteroatoms. The van der Waals surface area contributed by atoms with Crippen molar-refractivity contribution in [3.8, 4) is 5.75 Å². The zero-order valence-electron chi connectivity index (χ0n) is 35.8. The van der Waals surface area contributed by atoms with Crippen LogP contribution < -0.4 is 26.0 Å². The van der Waals surface area contributed by atoms with Gasteiger partial charge < -0.3 is 45.3 Å². The second kappa shape index (κ2) is 23.0. The van der Waals surface area contributed by atoms with Crippen molar-refractivity contribution in [2.45, 2.75) is 121 Å². The van der Waals surface area contributed by atoms with Gasteiger partial charge in [-0.15, -0.1) is 0 Å². The molecule has 1 saturated carbocycles. The number of ether oxygens (including phenoxy) is 3. The highest BCUT2D eigenvalue weighted by Gasteiger charge is 2.46. The van der Waals surface area contributed by atoms with E-state index >= 15 is 0 Å². The SMILES string of the molecule is CCCCC(NC(=O)[C@@H]1C[C@@H]2CN1C(=O)[C@H](C1CCCCC1)NC(=O)Cc1cccc(c1)OCCCC(OC)O2)C(=O)C(=O)NCC(=O)N[C@H](C(=O)N(C)C)c1ccccc1. The topological polar surface area (TPSA) is 202 Å². The molecule has 2 aliphatic heterocycles. The number of methoxy groups -OCH3 is 1. The van der Waals surface area contributed by atoms with E-state index in [9.17, 15) is 33.6 Å². The van der Waals surface area contributed by atoms with E-state index in [4.69, 9.17) is 14.2 Å². The lowest BCUT2D eigenvalue weighted by Crippen LogP contribution is -2.58. The van der Waals surface area contributed by atoms with Crippen LogP contribution in [0.3, 0.4) is 0 Å². The molecule has 6 atom stereocenters. The second-order valence-corrected chi connectivity index (χ2v) is 16.3. The van der Waals surface area contributed by atoms with Crippen molar-refractivity contribution in [1.29, 1.82) is 0 Å². The van der Waals surface area contributed by atoms with E-state index in [2.05, 4.69) is 21.3 Å². The molecule has 2 heterocycles. The van der Waals surface area contributed by atoms with Crippen LogP contribution in [0.15, 0.2) is 54.6 Å². The van der Waals surface area contributed by atoms with Gasteiger partial charge in [0.15, 0.2) is 6.29 Å². The number of fused-ring (bicyclic) bond motifs is 4. The van der Waals surface area contributed by atoms with Crippen molar-refractivity contribution >= 4 is 41.2 Å². The maximum absolute atomic E-state index is 14.8. The Hall–Kier alpha value is -5.35. The highest BCUT2D eigenvalue weighted by atomic mass is 16.7. The summed E-state index contributed by atoms with van der Waals surface area (Å²) in [6.07, 6.45) is 5.47. The number of unbranched alkanes of at least 4 members (excludes halogenated alkanes) is 1.